The summed E-state index contributed by atoms with van der Waals surface area (Å²) in [5, 5.41) is 3.07. The topological polar surface area (TPSA) is 158 Å². The van der Waals surface area contributed by atoms with Crippen molar-refractivity contribution >= 4 is 80.9 Å². The molecule has 0 amide bonds. The van der Waals surface area contributed by atoms with Gasteiger partial charge in [-0.05, 0) is 126 Å². The monoisotopic (exact) mass is 1140 g/mol. The SMILES string of the molecule is Cc1ccc(C(=O)OC[C@H]2SC(OC(=O)c3ccc(C)cc3)C[C@H]2OC(=O)c2ccc(C)cc2)cc1.O=C(OC[C@H]1SC(OC(=O)c2ccc3ccccc3c2)C[C@H]1OC(=O)c1ccc2ccccc2c1)c1ccc(-c2ccccc2)cc1. The number of hydrogen-bond acceptors (Lipinski definition) is 14. The molecule has 0 radical (unpaired) electrons. The number of carbonyl (C=O) groups excluding carboxylic acids is 6. The zero-order valence-corrected chi connectivity index (χ0v) is 47.3. The number of ether oxygens (including phenoxy) is 6. The Hall–Kier alpha value is -8.98. The fraction of sp³-hybridized carbons (Fsp3) is 0.188. The Balaban J connectivity index is 0.000000193. The molecule has 2 fully saturated rings. The van der Waals surface area contributed by atoms with Gasteiger partial charge in [0.2, 0.25) is 0 Å². The maximum Gasteiger partial charge on any atom is 0.339 e. The highest BCUT2D eigenvalue weighted by Crippen LogP contribution is 2.40. The fourth-order valence-electron chi connectivity index (χ4n) is 9.45. The molecule has 9 aromatic carbocycles. The number of hydrogen-bond donors (Lipinski definition) is 0. The summed E-state index contributed by atoms with van der Waals surface area (Å²) in [5.74, 6) is -2.82. The molecular weight excluding hydrogens is 1080 g/mol. The van der Waals surface area contributed by atoms with E-state index in [1.807, 2.05) is 160 Å². The number of esters is 6. The summed E-state index contributed by atoms with van der Waals surface area (Å²) in [4.78, 5) is 77.5. The molecule has 14 heteroatoms. The Morgan fingerprint density at radius 1 is 0.337 bits per heavy atom. The Kier molecular flexibility index (Phi) is 18.4. The van der Waals surface area contributed by atoms with Crippen molar-refractivity contribution in [1.29, 1.82) is 0 Å². The van der Waals surface area contributed by atoms with Crippen molar-refractivity contribution in [3.05, 3.63) is 262 Å². The summed E-state index contributed by atoms with van der Waals surface area (Å²) in [6.45, 7) is 5.81. The maximum absolute atomic E-state index is 13.3. The Labute approximate surface area is 489 Å². The highest BCUT2D eigenvalue weighted by molar-refractivity contribution is 8.01. The minimum atomic E-state index is -0.651. The van der Waals surface area contributed by atoms with E-state index in [2.05, 4.69) is 0 Å². The molecule has 418 valence electrons. The molecule has 0 spiro atoms. The summed E-state index contributed by atoms with van der Waals surface area (Å²) in [5.41, 5.74) is 6.60. The van der Waals surface area contributed by atoms with Crippen LogP contribution >= 0.6 is 23.5 Å². The van der Waals surface area contributed by atoms with Gasteiger partial charge < -0.3 is 28.4 Å². The first-order chi connectivity index (χ1) is 40.3. The van der Waals surface area contributed by atoms with Crippen molar-refractivity contribution in [2.75, 3.05) is 13.2 Å². The molecule has 2 heterocycles. The van der Waals surface area contributed by atoms with Gasteiger partial charge in [0.15, 0.2) is 10.9 Å². The number of rotatable bonds is 15. The van der Waals surface area contributed by atoms with E-state index in [4.69, 9.17) is 28.4 Å². The van der Waals surface area contributed by atoms with Gasteiger partial charge >= 0.3 is 35.8 Å². The van der Waals surface area contributed by atoms with Gasteiger partial charge in [-0.25, -0.2) is 28.8 Å². The molecule has 0 bridgehead atoms. The molecule has 0 N–H and O–H groups in total. The first-order valence-corrected chi connectivity index (χ1v) is 29.0. The van der Waals surface area contributed by atoms with Crippen LogP contribution < -0.4 is 0 Å². The van der Waals surface area contributed by atoms with Crippen LogP contribution in [-0.4, -0.2) is 82.6 Å². The van der Waals surface area contributed by atoms with Gasteiger partial charge in [0.25, 0.3) is 0 Å². The van der Waals surface area contributed by atoms with Crippen molar-refractivity contribution in [1.82, 2.24) is 0 Å². The van der Waals surface area contributed by atoms with Crippen molar-refractivity contribution < 1.29 is 57.2 Å². The largest absolute Gasteiger partial charge is 0.461 e. The molecule has 0 aliphatic carbocycles. The van der Waals surface area contributed by atoms with Crippen LogP contribution in [-0.2, 0) is 28.4 Å². The van der Waals surface area contributed by atoms with Crippen LogP contribution in [0, 0.1) is 20.8 Å². The number of benzene rings is 9. The summed E-state index contributed by atoms with van der Waals surface area (Å²) in [7, 11) is 0. The number of aryl methyl sites for hydroxylation is 3. The normalized spacial score (nSPS) is 18.0. The van der Waals surface area contributed by atoms with E-state index in [-0.39, 0.29) is 24.9 Å². The summed E-state index contributed by atoms with van der Waals surface area (Å²) in [6, 6.07) is 64.9. The highest BCUT2D eigenvalue weighted by Gasteiger charge is 2.42. The van der Waals surface area contributed by atoms with Gasteiger partial charge in [0, 0.05) is 12.8 Å². The summed E-state index contributed by atoms with van der Waals surface area (Å²) < 4.78 is 34.6. The third-order valence-electron chi connectivity index (χ3n) is 14.1. The van der Waals surface area contributed by atoms with Crippen molar-refractivity contribution in [3.8, 4) is 11.1 Å². The average Bonchev–Trinajstić information content (AvgIpc) is 4.27. The van der Waals surface area contributed by atoms with Gasteiger partial charge in [-0.3, -0.25) is 0 Å². The second-order valence-corrected chi connectivity index (χ2v) is 23.0. The number of thioether (sulfide) groups is 2. The van der Waals surface area contributed by atoms with Gasteiger partial charge in [0.05, 0.1) is 43.9 Å². The number of carbonyl (C=O) groups is 6. The minimum absolute atomic E-state index is 0.0157. The summed E-state index contributed by atoms with van der Waals surface area (Å²) in [6.07, 6.45) is -0.684. The maximum atomic E-state index is 13.3. The average molecular weight is 1140 g/mol. The van der Waals surface area contributed by atoms with Crippen LogP contribution in [0.2, 0.25) is 0 Å². The third-order valence-corrected chi connectivity index (χ3v) is 16.9. The van der Waals surface area contributed by atoms with Gasteiger partial charge in [-0.15, -0.1) is 23.5 Å². The molecule has 0 saturated carbocycles. The quantitative estimate of drug-likeness (QED) is 0.0705. The van der Waals surface area contributed by atoms with Crippen molar-refractivity contribution in [2.45, 2.75) is 67.2 Å². The second-order valence-electron chi connectivity index (χ2n) is 20.2. The molecule has 9 aromatic rings. The Bertz CT molecular complexity index is 3780. The lowest BCUT2D eigenvalue weighted by atomic mass is 10.0. The lowest BCUT2D eigenvalue weighted by Crippen LogP contribution is -2.29. The first kappa shape index (κ1) is 57.3. The van der Waals surface area contributed by atoms with Crippen LogP contribution in [0.3, 0.4) is 0 Å². The fourth-order valence-corrected chi connectivity index (χ4v) is 12.1. The predicted octanol–water partition coefficient (Wildman–Crippen LogP) is 14.4. The molecule has 6 atom stereocenters. The molecule has 11 rings (SSSR count). The molecule has 2 saturated heterocycles. The zero-order chi connectivity index (χ0) is 57.8. The predicted molar refractivity (Wildman–Crippen MR) is 323 cm³/mol. The van der Waals surface area contributed by atoms with Crippen LogP contribution in [0.1, 0.15) is 91.7 Å². The van der Waals surface area contributed by atoms with Gasteiger partial charge in [-0.1, -0.05) is 156 Å². The lowest BCUT2D eigenvalue weighted by Gasteiger charge is -2.19. The second kappa shape index (κ2) is 26.7. The van der Waals surface area contributed by atoms with Crippen molar-refractivity contribution in [2.24, 2.45) is 0 Å². The number of fused-ring (bicyclic) bond motifs is 2. The third kappa shape index (κ3) is 14.9. The molecule has 12 nitrogen and oxygen atoms in total. The first-order valence-electron chi connectivity index (χ1n) is 27.1. The Morgan fingerprint density at radius 3 is 1.07 bits per heavy atom. The van der Waals surface area contributed by atoms with E-state index in [1.165, 1.54) is 23.5 Å². The van der Waals surface area contributed by atoms with Crippen LogP contribution in [0.5, 0.6) is 0 Å². The molecule has 83 heavy (non-hydrogen) atoms. The van der Waals surface area contributed by atoms with Crippen LogP contribution in [0.4, 0.5) is 0 Å². The smallest absolute Gasteiger partial charge is 0.339 e. The van der Waals surface area contributed by atoms with E-state index in [0.717, 1.165) is 49.4 Å². The molecule has 2 aliphatic rings. The summed E-state index contributed by atoms with van der Waals surface area (Å²) >= 11 is 2.65. The van der Waals surface area contributed by atoms with E-state index in [0.29, 0.717) is 39.8 Å². The van der Waals surface area contributed by atoms with Gasteiger partial charge in [0.1, 0.15) is 25.4 Å². The molecule has 2 unspecified atom stereocenters. The highest BCUT2D eigenvalue weighted by atomic mass is 32.2. The van der Waals surface area contributed by atoms with Crippen LogP contribution in [0.15, 0.2) is 212 Å². The molecule has 2 aliphatic heterocycles. The lowest BCUT2D eigenvalue weighted by molar-refractivity contribution is 0.0113. The standard InChI is InChI=1S/C40H30O6S.C29H28O6S/c41-38(30-18-14-29(15-19-30)26-8-2-1-3-9-26)44-25-36-35(45-39(42)33-20-16-27-10-4-6-12-31(27)22-33)24-37(47-36)46-40(43)34-21-17-28-11-5-7-13-32(28)23-34;1-18-4-10-21(11-5-18)27(30)33-17-25-24(34-28(31)22-12-6-19(2)7-13-22)16-26(36-25)35-29(32)23-14-8-20(3)9-15-23/h1-23,35-37H,24-25H2;4-15,24-26H,16-17H2,1-3H3/t35-,36-,37?;24-,25-,26?/m11/s1. The Morgan fingerprint density at radius 2 is 0.651 bits per heavy atom. The minimum Gasteiger partial charge on any atom is -0.461 e. The van der Waals surface area contributed by atoms with Crippen LogP contribution in [0.25, 0.3) is 32.7 Å². The van der Waals surface area contributed by atoms with Crippen molar-refractivity contribution in [3.63, 3.8) is 0 Å². The van der Waals surface area contributed by atoms with Gasteiger partial charge in [-0.2, -0.15) is 0 Å². The zero-order valence-electron chi connectivity index (χ0n) is 45.7. The molecule has 0 aromatic heterocycles. The van der Waals surface area contributed by atoms with E-state index in [1.54, 1.807) is 72.8 Å². The van der Waals surface area contributed by atoms with E-state index in [9.17, 15) is 28.8 Å². The van der Waals surface area contributed by atoms with E-state index < -0.39 is 64.1 Å². The molecular formula is C69H58O12S2. The van der Waals surface area contributed by atoms with E-state index >= 15 is 0 Å².